The molecule has 2 heterocycles. The molecular weight excluding hydrogens is 438 g/mol. The lowest BCUT2D eigenvalue weighted by atomic mass is 9.96. The minimum absolute atomic E-state index is 0.0579. The number of hydrogen-bond donors (Lipinski definition) is 2. The SMILES string of the molecule is Cc1cc(C)cc(S(=O)(=O)Nc2cc(C(=O)O)ccc2N2CCC[C@@H](CN3CCCC3)C2)c1. The van der Waals surface area contributed by atoms with Crippen molar-refractivity contribution in [2.45, 2.75) is 44.4 Å². The van der Waals surface area contributed by atoms with Gasteiger partial charge in [0, 0.05) is 19.6 Å². The highest BCUT2D eigenvalue weighted by molar-refractivity contribution is 7.92. The van der Waals surface area contributed by atoms with E-state index in [1.807, 2.05) is 19.9 Å². The highest BCUT2D eigenvalue weighted by atomic mass is 32.2. The molecule has 0 saturated carbocycles. The number of aromatic carboxylic acids is 1. The predicted molar refractivity (Wildman–Crippen MR) is 131 cm³/mol. The van der Waals surface area contributed by atoms with E-state index in [1.54, 1.807) is 24.3 Å². The van der Waals surface area contributed by atoms with Gasteiger partial charge in [0.25, 0.3) is 10.0 Å². The molecule has 2 saturated heterocycles. The Bertz CT molecular complexity index is 1110. The minimum Gasteiger partial charge on any atom is -0.478 e. The van der Waals surface area contributed by atoms with Crippen molar-refractivity contribution < 1.29 is 18.3 Å². The van der Waals surface area contributed by atoms with Gasteiger partial charge in [-0.05, 0) is 100.0 Å². The molecule has 2 aliphatic rings. The molecule has 178 valence electrons. The summed E-state index contributed by atoms with van der Waals surface area (Å²) < 4.78 is 29.2. The van der Waals surface area contributed by atoms with Crippen LogP contribution in [0.1, 0.15) is 47.2 Å². The number of anilines is 2. The van der Waals surface area contributed by atoms with E-state index in [-0.39, 0.29) is 10.5 Å². The van der Waals surface area contributed by atoms with Gasteiger partial charge < -0.3 is 14.9 Å². The lowest BCUT2D eigenvalue weighted by Gasteiger charge is -2.37. The predicted octanol–water partition coefficient (Wildman–Crippen LogP) is 4.11. The quantitative estimate of drug-likeness (QED) is 0.632. The van der Waals surface area contributed by atoms with Crippen LogP contribution < -0.4 is 9.62 Å². The van der Waals surface area contributed by atoms with E-state index >= 15 is 0 Å². The lowest BCUT2D eigenvalue weighted by molar-refractivity contribution is 0.0697. The number of carboxylic acids is 1. The second kappa shape index (κ2) is 9.73. The maximum absolute atomic E-state index is 13.2. The monoisotopic (exact) mass is 471 g/mol. The van der Waals surface area contributed by atoms with Crippen LogP contribution in [-0.2, 0) is 10.0 Å². The van der Waals surface area contributed by atoms with Gasteiger partial charge in [-0.2, -0.15) is 0 Å². The van der Waals surface area contributed by atoms with Crippen molar-refractivity contribution in [3.8, 4) is 0 Å². The maximum atomic E-state index is 13.2. The summed E-state index contributed by atoms with van der Waals surface area (Å²) in [5.41, 5.74) is 2.82. The fourth-order valence-corrected chi connectivity index (χ4v) is 6.33. The van der Waals surface area contributed by atoms with Gasteiger partial charge in [-0.3, -0.25) is 4.72 Å². The van der Waals surface area contributed by atoms with Crippen LogP contribution in [0.4, 0.5) is 11.4 Å². The first kappa shape index (κ1) is 23.6. The van der Waals surface area contributed by atoms with Crippen molar-refractivity contribution in [2.75, 3.05) is 42.3 Å². The molecule has 2 aromatic carbocycles. The fraction of sp³-hybridized carbons (Fsp3) is 0.480. The third kappa shape index (κ3) is 5.68. The van der Waals surface area contributed by atoms with Crippen LogP contribution in [0.3, 0.4) is 0 Å². The number of nitrogens with zero attached hydrogens (tertiary/aromatic N) is 2. The smallest absolute Gasteiger partial charge is 0.335 e. The topological polar surface area (TPSA) is 89.9 Å². The first-order valence-electron chi connectivity index (χ1n) is 11.7. The highest BCUT2D eigenvalue weighted by Crippen LogP contribution is 2.33. The van der Waals surface area contributed by atoms with Crippen molar-refractivity contribution in [1.29, 1.82) is 0 Å². The number of nitrogens with one attached hydrogen (secondary N) is 1. The maximum Gasteiger partial charge on any atom is 0.335 e. The molecule has 0 spiro atoms. The summed E-state index contributed by atoms with van der Waals surface area (Å²) in [7, 11) is -3.87. The van der Waals surface area contributed by atoms with Crippen LogP contribution >= 0.6 is 0 Å². The van der Waals surface area contributed by atoms with Gasteiger partial charge >= 0.3 is 5.97 Å². The number of sulfonamides is 1. The van der Waals surface area contributed by atoms with Gasteiger partial charge in [-0.1, -0.05) is 6.07 Å². The summed E-state index contributed by atoms with van der Waals surface area (Å²) in [6.07, 6.45) is 4.71. The Morgan fingerprint density at radius 2 is 1.73 bits per heavy atom. The molecule has 2 aromatic rings. The molecule has 2 aliphatic heterocycles. The highest BCUT2D eigenvalue weighted by Gasteiger charge is 2.26. The van der Waals surface area contributed by atoms with E-state index in [1.165, 1.54) is 18.9 Å². The van der Waals surface area contributed by atoms with Crippen LogP contribution in [0.5, 0.6) is 0 Å². The summed E-state index contributed by atoms with van der Waals surface area (Å²) in [6.45, 7) is 8.75. The molecule has 0 amide bonds. The number of likely N-dealkylation sites (tertiary alicyclic amines) is 1. The molecule has 0 radical (unpaired) electrons. The Labute approximate surface area is 196 Å². The lowest BCUT2D eigenvalue weighted by Crippen LogP contribution is -2.40. The molecule has 1 atom stereocenters. The molecule has 0 aliphatic carbocycles. The third-order valence-electron chi connectivity index (χ3n) is 6.57. The van der Waals surface area contributed by atoms with E-state index in [9.17, 15) is 18.3 Å². The average Bonchev–Trinajstić information content (AvgIpc) is 3.26. The molecular formula is C25H33N3O4S. The minimum atomic E-state index is -3.87. The summed E-state index contributed by atoms with van der Waals surface area (Å²) in [6, 6.07) is 9.90. The van der Waals surface area contributed by atoms with Crippen molar-refractivity contribution >= 4 is 27.4 Å². The van der Waals surface area contributed by atoms with Crippen LogP contribution in [-0.4, -0.2) is 57.1 Å². The number of rotatable bonds is 7. The summed E-state index contributed by atoms with van der Waals surface area (Å²) in [4.78, 5) is 16.5. The molecule has 33 heavy (non-hydrogen) atoms. The zero-order valence-corrected chi connectivity index (χ0v) is 20.2. The Hall–Kier alpha value is -2.58. The Kier molecular flexibility index (Phi) is 6.95. The van der Waals surface area contributed by atoms with Gasteiger partial charge in [-0.25, -0.2) is 13.2 Å². The molecule has 2 fully saturated rings. The molecule has 7 nitrogen and oxygen atoms in total. The first-order valence-corrected chi connectivity index (χ1v) is 13.2. The van der Waals surface area contributed by atoms with Gasteiger partial charge in [0.1, 0.15) is 0 Å². The van der Waals surface area contributed by atoms with Crippen LogP contribution in [0, 0.1) is 19.8 Å². The second-order valence-corrected chi connectivity index (χ2v) is 11.1. The molecule has 4 rings (SSSR count). The number of carboxylic acid groups (broad SMARTS) is 1. The van der Waals surface area contributed by atoms with Crippen LogP contribution in [0.25, 0.3) is 0 Å². The number of carbonyl (C=O) groups is 1. The average molecular weight is 472 g/mol. The molecule has 0 aromatic heterocycles. The molecule has 8 heteroatoms. The van der Waals surface area contributed by atoms with Crippen LogP contribution in [0.2, 0.25) is 0 Å². The van der Waals surface area contributed by atoms with E-state index in [0.29, 0.717) is 11.6 Å². The van der Waals surface area contributed by atoms with Crippen molar-refractivity contribution in [2.24, 2.45) is 5.92 Å². The molecule has 2 N–H and O–H groups in total. The van der Waals surface area contributed by atoms with Gasteiger partial charge in [0.15, 0.2) is 0 Å². The van der Waals surface area contributed by atoms with E-state index in [4.69, 9.17) is 0 Å². The summed E-state index contributed by atoms with van der Waals surface area (Å²) in [5.74, 6) is -0.571. The first-order chi connectivity index (χ1) is 15.7. The van der Waals surface area contributed by atoms with E-state index in [2.05, 4.69) is 14.5 Å². The Morgan fingerprint density at radius 1 is 1.03 bits per heavy atom. The number of benzene rings is 2. The van der Waals surface area contributed by atoms with Gasteiger partial charge in [0.05, 0.1) is 21.8 Å². The normalized spacial score (nSPS) is 19.6. The largest absolute Gasteiger partial charge is 0.478 e. The van der Waals surface area contributed by atoms with Crippen molar-refractivity contribution in [3.05, 3.63) is 53.1 Å². The fourth-order valence-electron chi connectivity index (χ4n) is 5.08. The Morgan fingerprint density at radius 3 is 2.39 bits per heavy atom. The number of hydrogen-bond acceptors (Lipinski definition) is 5. The van der Waals surface area contributed by atoms with Crippen molar-refractivity contribution in [1.82, 2.24) is 4.90 Å². The number of aryl methyl sites for hydroxylation is 2. The summed E-state index contributed by atoms with van der Waals surface area (Å²) in [5, 5.41) is 9.50. The van der Waals surface area contributed by atoms with Crippen LogP contribution in [0.15, 0.2) is 41.3 Å². The second-order valence-electron chi connectivity index (χ2n) is 9.43. The van der Waals surface area contributed by atoms with Gasteiger partial charge in [-0.15, -0.1) is 0 Å². The molecule has 0 unspecified atom stereocenters. The zero-order chi connectivity index (χ0) is 23.6. The van der Waals surface area contributed by atoms with E-state index in [0.717, 1.165) is 62.4 Å². The third-order valence-corrected chi connectivity index (χ3v) is 7.91. The number of piperidine rings is 1. The zero-order valence-electron chi connectivity index (χ0n) is 19.4. The standard InChI is InChI=1S/C25H33N3O4S/c1-18-12-19(2)14-22(13-18)33(31,32)26-23-15-21(25(29)30)7-8-24(23)28-11-5-6-20(17-28)16-27-9-3-4-10-27/h7-8,12-15,20,26H,3-6,9-11,16-17H2,1-2H3,(H,29,30)/t20-/m0/s1. The Balaban J connectivity index is 1.62. The van der Waals surface area contributed by atoms with E-state index < -0.39 is 16.0 Å². The molecule has 0 bridgehead atoms. The summed E-state index contributed by atoms with van der Waals surface area (Å²) >= 11 is 0. The van der Waals surface area contributed by atoms with Gasteiger partial charge in [0.2, 0.25) is 0 Å². The van der Waals surface area contributed by atoms with Crippen molar-refractivity contribution in [3.63, 3.8) is 0 Å².